The standard InChI is InChI=1S/C17H25N5O4S/c18-7-6-16(23)19-11-14-3-1-2-8-22(14)17(24)13-4-5-15-20-27(25,26)10-9-21(15)12-13/h4-5,12,14H,1-3,6-11,18H2,(H,19,23). The molecule has 0 aromatic carbocycles. The zero-order valence-corrected chi connectivity index (χ0v) is 16.0. The van der Waals surface area contributed by atoms with E-state index >= 15 is 0 Å². The molecule has 0 radical (unpaired) electrons. The number of rotatable bonds is 5. The Labute approximate surface area is 159 Å². The van der Waals surface area contributed by atoms with Gasteiger partial charge in [-0.15, -0.1) is 4.40 Å². The van der Waals surface area contributed by atoms with E-state index in [1.807, 2.05) is 0 Å². The minimum absolute atomic E-state index is 0.0564. The number of likely N-dealkylation sites (tertiary alicyclic amines) is 1. The molecular weight excluding hydrogens is 370 g/mol. The summed E-state index contributed by atoms with van der Waals surface area (Å²) in [6.07, 6.45) is 7.87. The molecule has 0 aromatic rings. The first-order valence-electron chi connectivity index (χ1n) is 9.16. The summed E-state index contributed by atoms with van der Waals surface area (Å²) in [6.45, 7) is 1.63. The predicted molar refractivity (Wildman–Crippen MR) is 101 cm³/mol. The third-order valence-corrected chi connectivity index (χ3v) is 6.03. The van der Waals surface area contributed by atoms with Crippen LogP contribution in [0.25, 0.3) is 0 Å². The van der Waals surface area contributed by atoms with Crippen LogP contribution in [0.3, 0.4) is 0 Å². The molecule has 2 amide bonds. The van der Waals surface area contributed by atoms with Crippen molar-refractivity contribution in [2.24, 2.45) is 10.1 Å². The van der Waals surface area contributed by atoms with Crippen LogP contribution in [0.2, 0.25) is 0 Å². The lowest BCUT2D eigenvalue weighted by molar-refractivity contribution is -0.131. The van der Waals surface area contributed by atoms with Crippen LogP contribution in [0, 0.1) is 0 Å². The molecule has 0 saturated carbocycles. The van der Waals surface area contributed by atoms with E-state index in [1.54, 1.807) is 28.2 Å². The zero-order chi connectivity index (χ0) is 19.4. The fraction of sp³-hybridized carbons (Fsp3) is 0.588. The Bertz CT molecular complexity index is 802. The van der Waals surface area contributed by atoms with E-state index in [1.165, 1.54) is 0 Å². The van der Waals surface area contributed by atoms with Crippen LogP contribution in [0.5, 0.6) is 0 Å². The van der Waals surface area contributed by atoms with Crippen LogP contribution in [0.4, 0.5) is 0 Å². The molecule has 3 aliphatic rings. The zero-order valence-electron chi connectivity index (χ0n) is 15.1. The summed E-state index contributed by atoms with van der Waals surface area (Å²) in [7, 11) is -3.42. The van der Waals surface area contributed by atoms with Crippen LogP contribution < -0.4 is 11.1 Å². The number of carbonyl (C=O) groups is 2. The third kappa shape index (κ3) is 4.75. The Balaban J connectivity index is 1.69. The summed E-state index contributed by atoms with van der Waals surface area (Å²) in [6, 6.07) is -0.0564. The average molecular weight is 395 g/mol. The van der Waals surface area contributed by atoms with Gasteiger partial charge in [0.15, 0.2) is 0 Å². The number of amides is 2. The Morgan fingerprint density at radius 3 is 2.85 bits per heavy atom. The maximum atomic E-state index is 13.0. The monoisotopic (exact) mass is 395 g/mol. The van der Waals surface area contributed by atoms with Crippen molar-refractivity contribution in [2.75, 3.05) is 31.9 Å². The van der Waals surface area contributed by atoms with E-state index in [9.17, 15) is 18.0 Å². The number of amidine groups is 1. The number of carbonyl (C=O) groups excluding carboxylic acids is 2. The molecule has 3 N–H and O–H groups in total. The van der Waals surface area contributed by atoms with Gasteiger partial charge >= 0.3 is 0 Å². The average Bonchev–Trinajstić information content (AvgIpc) is 2.65. The van der Waals surface area contributed by atoms with Crippen LogP contribution in [0.1, 0.15) is 25.7 Å². The van der Waals surface area contributed by atoms with Crippen molar-refractivity contribution < 1.29 is 18.0 Å². The maximum absolute atomic E-state index is 13.0. The molecule has 3 aliphatic heterocycles. The van der Waals surface area contributed by atoms with Gasteiger partial charge in [0.2, 0.25) is 5.91 Å². The highest BCUT2D eigenvalue weighted by Crippen LogP contribution is 2.22. The number of fused-ring (bicyclic) bond motifs is 1. The van der Waals surface area contributed by atoms with Crippen LogP contribution in [-0.2, 0) is 19.6 Å². The first-order valence-corrected chi connectivity index (χ1v) is 10.8. The SMILES string of the molecule is NCCC(=O)NCC1CCCCN1C(=O)C1=CN2CCS(=O)(=O)N=C2C=C1. The topological polar surface area (TPSA) is 125 Å². The van der Waals surface area contributed by atoms with Gasteiger partial charge < -0.3 is 20.9 Å². The lowest BCUT2D eigenvalue weighted by atomic mass is 10.00. The number of sulfonamides is 1. The van der Waals surface area contributed by atoms with Crippen molar-refractivity contribution in [1.29, 1.82) is 0 Å². The second-order valence-electron chi connectivity index (χ2n) is 6.84. The van der Waals surface area contributed by atoms with Crippen LogP contribution >= 0.6 is 0 Å². The molecule has 10 heteroatoms. The fourth-order valence-electron chi connectivity index (χ4n) is 3.42. The van der Waals surface area contributed by atoms with Gasteiger partial charge in [0, 0.05) is 44.8 Å². The summed E-state index contributed by atoms with van der Waals surface area (Å²) in [5, 5.41) is 2.85. The number of nitrogens with two attached hydrogens (primary N) is 1. The number of hydrogen-bond donors (Lipinski definition) is 2. The van der Waals surface area contributed by atoms with Gasteiger partial charge in [-0.3, -0.25) is 9.59 Å². The number of hydrogen-bond acceptors (Lipinski definition) is 6. The molecule has 27 heavy (non-hydrogen) atoms. The molecule has 1 atom stereocenters. The Morgan fingerprint density at radius 2 is 2.07 bits per heavy atom. The minimum Gasteiger partial charge on any atom is -0.354 e. The molecule has 3 rings (SSSR count). The Morgan fingerprint density at radius 1 is 1.26 bits per heavy atom. The highest BCUT2D eigenvalue weighted by atomic mass is 32.2. The Hall–Kier alpha value is -2.20. The van der Waals surface area contributed by atoms with Crippen molar-refractivity contribution in [1.82, 2.24) is 15.1 Å². The number of nitrogens with one attached hydrogen (secondary N) is 1. The van der Waals surface area contributed by atoms with E-state index in [-0.39, 0.29) is 36.6 Å². The van der Waals surface area contributed by atoms with E-state index in [4.69, 9.17) is 5.73 Å². The molecule has 9 nitrogen and oxygen atoms in total. The molecule has 1 unspecified atom stereocenters. The van der Waals surface area contributed by atoms with Gasteiger partial charge in [-0.2, -0.15) is 0 Å². The first-order chi connectivity index (χ1) is 12.9. The van der Waals surface area contributed by atoms with Gasteiger partial charge in [0.05, 0.1) is 11.3 Å². The van der Waals surface area contributed by atoms with Crippen molar-refractivity contribution in [3.8, 4) is 0 Å². The predicted octanol–water partition coefficient (Wildman–Crippen LogP) is -0.670. The number of nitrogens with zero attached hydrogens (tertiary/aromatic N) is 3. The van der Waals surface area contributed by atoms with Crippen molar-refractivity contribution in [3.63, 3.8) is 0 Å². The molecule has 1 saturated heterocycles. The van der Waals surface area contributed by atoms with Crippen LogP contribution in [0.15, 0.2) is 28.3 Å². The molecule has 3 heterocycles. The van der Waals surface area contributed by atoms with E-state index in [2.05, 4.69) is 9.71 Å². The van der Waals surface area contributed by atoms with Gasteiger partial charge in [0.1, 0.15) is 5.84 Å². The van der Waals surface area contributed by atoms with Gasteiger partial charge in [-0.1, -0.05) is 0 Å². The number of piperidine rings is 1. The maximum Gasteiger partial charge on any atom is 0.256 e. The van der Waals surface area contributed by atoms with E-state index in [0.717, 1.165) is 19.3 Å². The summed E-state index contributed by atoms with van der Waals surface area (Å²) < 4.78 is 26.9. The quantitative estimate of drug-likeness (QED) is 0.636. The summed E-state index contributed by atoms with van der Waals surface area (Å²) in [5.41, 5.74) is 5.88. The summed E-state index contributed by atoms with van der Waals surface area (Å²) in [5.74, 6) is 0.0446. The highest BCUT2D eigenvalue weighted by Gasteiger charge is 2.31. The summed E-state index contributed by atoms with van der Waals surface area (Å²) >= 11 is 0. The molecule has 148 valence electrons. The normalized spacial score (nSPS) is 24.0. The van der Waals surface area contributed by atoms with E-state index < -0.39 is 10.0 Å². The third-order valence-electron chi connectivity index (χ3n) is 4.87. The fourth-order valence-corrected chi connectivity index (χ4v) is 4.39. The van der Waals surface area contributed by atoms with Crippen molar-refractivity contribution in [2.45, 2.75) is 31.7 Å². The van der Waals surface area contributed by atoms with Gasteiger partial charge in [-0.05, 0) is 31.4 Å². The molecule has 0 bridgehead atoms. The van der Waals surface area contributed by atoms with Gasteiger partial charge in [0.25, 0.3) is 15.9 Å². The Kier molecular flexibility index (Phi) is 5.95. The minimum atomic E-state index is -3.42. The second-order valence-corrected chi connectivity index (χ2v) is 8.59. The molecule has 1 fully saturated rings. The molecule has 0 aromatic heterocycles. The molecular formula is C17H25N5O4S. The lowest BCUT2D eigenvalue weighted by Gasteiger charge is -2.37. The van der Waals surface area contributed by atoms with Crippen LogP contribution in [-0.4, -0.2) is 73.8 Å². The first kappa shape index (κ1) is 19.6. The smallest absolute Gasteiger partial charge is 0.256 e. The van der Waals surface area contributed by atoms with Crippen molar-refractivity contribution >= 4 is 27.7 Å². The molecule has 0 aliphatic carbocycles. The van der Waals surface area contributed by atoms with E-state index in [0.29, 0.717) is 31.0 Å². The lowest BCUT2D eigenvalue weighted by Crippen LogP contribution is -2.50. The second kappa shape index (κ2) is 8.22. The van der Waals surface area contributed by atoms with Gasteiger partial charge in [-0.25, -0.2) is 8.42 Å². The summed E-state index contributed by atoms with van der Waals surface area (Å²) in [4.78, 5) is 28.2. The highest BCUT2D eigenvalue weighted by molar-refractivity contribution is 7.90. The molecule has 0 spiro atoms. The van der Waals surface area contributed by atoms with Crippen molar-refractivity contribution in [3.05, 3.63) is 23.9 Å². The largest absolute Gasteiger partial charge is 0.354 e.